The summed E-state index contributed by atoms with van der Waals surface area (Å²) in [5.74, 6) is 1.32. The fourth-order valence-corrected chi connectivity index (χ4v) is 4.88. The van der Waals surface area contributed by atoms with E-state index >= 15 is 0 Å². The number of methoxy groups -OCH3 is 2. The van der Waals surface area contributed by atoms with Gasteiger partial charge in [0.1, 0.15) is 32.9 Å². The van der Waals surface area contributed by atoms with E-state index in [4.69, 9.17) is 42.6 Å². The van der Waals surface area contributed by atoms with Gasteiger partial charge < -0.3 is 19.7 Å². The molecule has 1 aliphatic heterocycles. The van der Waals surface area contributed by atoms with Crippen molar-refractivity contribution in [2.24, 2.45) is 7.05 Å². The molecule has 1 atom stereocenters. The van der Waals surface area contributed by atoms with E-state index in [2.05, 4.69) is 15.4 Å². The zero-order chi connectivity index (χ0) is 25.4. The average molecular weight is 528 g/mol. The summed E-state index contributed by atoms with van der Waals surface area (Å²) < 4.78 is 12.6. The van der Waals surface area contributed by atoms with Crippen molar-refractivity contribution in [3.05, 3.63) is 46.8 Å². The molecule has 1 fully saturated rings. The van der Waals surface area contributed by atoms with E-state index in [0.29, 0.717) is 69.3 Å². The summed E-state index contributed by atoms with van der Waals surface area (Å²) in [5, 5.41) is 7.79. The number of nitrogens with zero attached hydrogens (tertiary/aromatic N) is 6. The van der Waals surface area contributed by atoms with Crippen LogP contribution in [0.3, 0.4) is 0 Å². The Morgan fingerprint density at radius 2 is 1.89 bits per heavy atom. The van der Waals surface area contributed by atoms with Crippen molar-refractivity contribution in [2.45, 2.75) is 18.9 Å². The molecule has 0 saturated carbocycles. The number of hydrogen-bond donors (Lipinski definition) is 1. The number of nitrogens with one attached hydrogen (secondary N) is 1. The first kappa shape index (κ1) is 24.1. The molecule has 0 spiro atoms. The number of pyridine rings is 1. The molecule has 0 aliphatic carbocycles. The van der Waals surface area contributed by atoms with Crippen LogP contribution in [0.2, 0.25) is 10.0 Å². The number of rotatable bonds is 7. The molecule has 1 amide bonds. The second-order valence-corrected chi connectivity index (χ2v) is 9.10. The Kier molecular flexibility index (Phi) is 6.55. The van der Waals surface area contributed by atoms with E-state index in [1.807, 2.05) is 30.3 Å². The smallest absolute Gasteiger partial charge is 0.220 e. The van der Waals surface area contributed by atoms with Gasteiger partial charge in [0.05, 0.1) is 38.0 Å². The second kappa shape index (κ2) is 9.79. The number of fused-ring (bicyclic) bond motifs is 1. The Balaban J connectivity index is 1.65. The number of aromatic nitrogens is 5. The first-order valence-electron chi connectivity index (χ1n) is 11.2. The maximum atomic E-state index is 11.9. The lowest BCUT2D eigenvalue weighted by Gasteiger charge is -2.29. The quantitative estimate of drug-likeness (QED) is 0.381. The largest absolute Gasteiger partial charge is 0.495 e. The maximum absolute atomic E-state index is 11.9. The number of amides is 1. The predicted octanol–water partition coefficient (Wildman–Crippen LogP) is 4.17. The van der Waals surface area contributed by atoms with Gasteiger partial charge in [0.15, 0.2) is 5.65 Å². The minimum atomic E-state index is -0.132. The van der Waals surface area contributed by atoms with Crippen LogP contribution >= 0.6 is 23.2 Å². The molecule has 12 heteroatoms. The van der Waals surface area contributed by atoms with Crippen LogP contribution in [0.25, 0.3) is 22.4 Å². The monoisotopic (exact) mass is 527 g/mol. The highest BCUT2D eigenvalue weighted by molar-refractivity contribution is 6.41. The number of anilines is 2. The molecule has 3 aromatic heterocycles. The minimum absolute atomic E-state index is 0.00110. The summed E-state index contributed by atoms with van der Waals surface area (Å²) in [5.41, 5.74) is 3.00. The molecule has 1 aliphatic rings. The fourth-order valence-electron chi connectivity index (χ4n) is 4.17. The third-order valence-electron chi connectivity index (χ3n) is 5.98. The molecule has 4 heterocycles. The summed E-state index contributed by atoms with van der Waals surface area (Å²) in [4.78, 5) is 27.8. The lowest BCUT2D eigenvalue weighted by Crippen LogP contribution is -2.37. The standard InChI is InChI=1S/C24H23Cl2N7O3/c1-32-11-13(9-28-32)16-10-27-15-5-6-19(31-24(15)30-16)33(12-14-4-7-20(34)29-14)23-21(25)17(35-2)8-18(36-3)22(23)26/h5-6,8-11,14H,4,7,12H2,1-3H3,(H,29,34). The average Bonchev–Trinajstić information content (AvgIpc) is 3.50. The van der Waals surface area contributed by atoms with Crippen LogP contribution in [0.4, 0.5) is 11.5 Å². The van der Waals surface area contributed by atoms with Crippen molar-refractivity contribution in [3.63, 3.8) is 0 Å². The molecule has 1 saturated heterocycles. The molecule has 0 radical (unpaired) electrons. The number of aryl methyl sites for hydroxylation is 1. The molecule has 10 nitrogen and oxygen atoms in total. The molecular formula is C24H23Cl2N7O3. The molecule has 1 aromatic carbocycles. The van der Waals surface area contributed by atoms with Crippen molar-refractivity contribution >= 4 is 51.8 Å². The van der Waals surface area contributed by atoms with E-state index in [1.54, 1.807) is 23.1 Å². The Morgan fingerprint density at radius 3 is 2.50 bits per heavy atom. The first-order chi connectivity index (χ1) is 17.4. The highest BCUT2D eigenvalue weighted by atomic mass is 35.5. The molecule has 1 unspecified atom stereocenters. The predicted molar refractivity (Wildman–Crippen MR) is 137 cm³/mol. The van der Waals surface area contributed by atoms with Crippen molar-refractivity contribution in [1.82, 2.24) is 30.0 Å². The van der Waals surface area contributed by atoms with E-state index < -0.39 is 0 Å². The van der Waals surface area contributed by atoms with Crippen LogP contribution in [0, 0.1) is 0 Å². The summed E-state index contributed by atoms with van der Waals surface area (Å²) in [6.45, 7) is 0.371. The summed E-state index contributed by atoms with van der Waals surface area (Å²) in [6.07, 6.45) is 6.39. The van der Waals surface area contributed by atoms with Crippen LogP contribution in [0.1, 0.15) is 12.8 Å². The number of carbonyl (C=O) groups is 1. The molecule has 4 aromatic rings. The Bertz CT molecular complexity index is 1430. The zero-order valence-electron chi connectivity index (χ0n) is 19.8. The Labute approximate surface area is 217 Å². The van der Waals surface area contributed by atoms with Gasteiger partial charge in [-0.15, -0.1) is 0 Å². The summed E-state index contributed by atoms with van der Waals surface area (Å²) >= 11 is 13.5. The van der Waals surface area contributed by atoms with Crippen molar-refractivity contribution < 1.29 is 14.3 Å². The third-order valence-corrected chi connectivity index (χ3v) is 6.71. The van der Waals surface area contributed by atoms with Gasteiger partial charge in [-0.1, -0.05) is 23.2 Å². The molecule has 0 bridgehead atoms. The lowest BCUT2D eigenvalue weighted by molar-refractivity contribution is -0.119. The number of carbonyl (C=O) groups excluding carboxylic acids is 1. The summed E-state index contributed by atoms with van der Waals surface area (Å²) in [6, 6.07) is 5.14. The van der Waals surface area contributed by atoms with E-state index in [-0.39, 0.29) is 11.9 Å². The van der Waals surface area contributed by atoms with E-state index in [1.165, 1.54) is 14.2 Å². The van der Waals surface area contributed by atoms with Gasteiger partial charge in [0.2, 0.25) is 5.91 Å². The van der Waals surface area contributed by atoms with Gasteiger partial charge in [0, 0.05) is 43.9 Å². The molecule has 5 rings (SSSR count). The van der Waals surface area contributed by atoms with Gasteiger partial charge in [-0.25, -0.2) is 9.97 Å². The number of ether oxygens (including phenoxy) is 2. The van der Waals surface area contributed by atoms with Gasteiger partial charge in [-0.2, -0.15) is 5.10 Å². The summed E-state index contributed by atoms with van der Waals surface area (Å²) in [7, 11) is 4.87. The van der Waals surface area contributed by atoms with Crippen LogP contribution in [0.15, 0.2) is 36.8 Å². The highest BCUT2D eigenvalue weighted by Crippen LogP contribution is 2.48. The molecular weight excluding hydrogens is 505 g/mol. The van der Waals surface area contributed by atoms with Crippen molar-refractivity contribution in [2.75, 3.05) is 25.7 Å². The van der Waals surface area contributed by atoms with E-state index in [9.17, 15) is 4.79 Å². The number of benzene rings is 1. The van der Waals surface area contributed by atoms with Crippen LogP contribution in [-0.4, -0.2) is 57.4 Å². The minimum Gasteiger partial charge on any atom is -0.495 e. The van der Waals surface area contributed by atoms with Crippen LogP contribution < -0.4 is 19.7 Å². The topological polar surface area (TPSA) is 107 Å². The second-order valence-electron chi connectivity index (χ2n) is 8.34. The fraction of sp³-hybridized carbons (Fsp3) is 0.292. The van der Waals surface area contributed by atoms with Crippen molar-refractivity contribution in [3.8, 4) is 22.8 Å². The normalized spacial score (nSPS) is 15.2. The van der Waals surface area contributed by atoms with Gasteiger partial charge in [0.25, 0.3) is 0 Å². The van der Waals surface area contributed by atoms with Crippen LogP contribution in [0.5, 0.6) is 11.5 Å². The molecule has 36 heavy (non-hydrogen) atoms. The number of halogens is 2. The zero-order valence-corrected chi connectivity index (χ0v) is 21.3. The lowest BCUT2D eigenvalue weighted by atomic mass is 10.1. The first-order valence-corrected chi connectivity index (χ1v) is 11.9. The SMILES string of the molecule is COc1cc(OC)c(Cl)c(N(CC2CCC(=O)N2)c2ccc3ncc(-c4cnn(C)c4)nc3n2)c1Cl. The highest BCUT2D eigenvalue weighted by Gasteiger charge is 2.29. The van der Waals surface area contributed by atoms with Crippen LogP contribution in [-0.2, 0) is 11.8 Å². The van der Waals surface area contributed by atoms with Gasteiger partial charge in [-0.3, -0.25) is 14.5 Å². The third kappa shape index (κ3) is 4.49. The van der Waals surface area contributed by atoms with Gasteiger partial charge >= 0.3 is 0 Å². The van der Waals surface area contributed by atoms with E-state index in [0.717, 1.165) is 5.56 Å². The maximum Gasteiger partial charge on any atom is 0.220 e. The Morgan fingerprint density at radius 1 is 1.14 bits per heavy atom. The Hall–Kier alpha value is -3.63. The molecule has 1 N–H and O–H groups in total. The molecule has 186 valence electrons. The van der Waals surface area contributed by atoms with Gasteiger partial charge in [-0.05, 0) is 18.6 Å². The number of hydrogen-bond acceptors (Lipinski definition) is 8. The van der Waals surface area contributed by atoms with Crippen molar-refractivity contribution in [1.29, 1.82) is 0 Å².